The van der Waals surface area contributed by atoms with Gasteiger partial charge in [0.1, 0.15) is 12.2 Å². The van der Waals surface area contributed by atoms with E-state index >= 15 is 0 Å². The minimum atomic E-state index is -0.561. The lowest BCUT2D eigenvalue weighted by molar-refractivity contribution is -0.385. The first kappa shape index (κ1) is 18.8. The number of benzene rings is 1. The van der Waals surface area contributed by atoms with Crippen molar-refractivity contribution in [1.29, 1.82) is 0 Å². The van der Waals surface area contributed by atoms with Crippen LogP contribution in [-0.4, -0.2) is 47.8 Å². The number of nitro benzene ring substituents is 1. The second kappa shape index (κ2) is 7.58. The number of carbonyl (C=O) groups excluding carboxylic acids is 1. The molecular formula is C17H24N2O6. The van der Waals surface area contributed by atoms with Crippen LogP contribution in [0.1, 0.15) is 33.6 Å². The zero-order valence-electron chi connectivity index (χ0n) is 15.0. The number of non-ortho nitro benzene ring substituents is 1. The van der Waals surface area contributed by atoms with Crippen LogP contribution in [-0.2, 0) is 4.74 Å². The van der Waals surface area contributed by atoms with Gasteiger partial charge in [-0.2, -0.15) is 0 Å². The lowest BCUT2D eigenvalue weighted by Crippen LogP contribution is -2.42. The fraction of sp³-hybridized carbons (Fsp3) is 0.588. The van der Waals surface area contributed by atoms with Crippen LogP contribution in [0.5, 0.6) is 11.5 Å². The number of methoxy groups -OCH3 is 1. The fourth-order valence-corrected chi connectivity index (χ4v) is 2.65. The van der Waals surface area contributed by atoms with E-state index < -0.39 is 10.5 Å². The Labute approximate surface area is 146 Å². The topological polar surface area (TPSA) is 91.1 Å². The summed E-state index contributed by atoms with van der Waals surface area (Å²) in [7, 11) is 1.47. The molecule has 0 bridgehead atoms. The summed E-state index contributed by atoms with van der Waals surface area (Å²) in [5.74, 6) is 0.695. The van der Waals surface area contributed by atoms with Crippen molar-refractivity contribution in [3.05, 3.63) is 28.3 Å². The van der Waals surface area contributed by atoms with Crippen molar-refractivity contribution in [2.45, 2.75) is 45.3 Å². The first-order valence-electron chi connectivity index (χ1n) is 8.16. The van der Waals surface area contributed by atoms with Crippen LogP contribution >= 0.6 is 0 Å². The van der Waals surface area contributed by atoms with Gasteiger partial charge in [0.2, 0.25) is 0 Å². The molecular weight excluding hydrogens is 328 g/mol. The second-order valence-electron chi connectivity index (χ2n) is 6.87. The Balaban J connectivity index is 2.06. The monoisotopic (exact) mass is 352 g/mol. The van der Waals surface area contributed by atoms with Crippen LogP contribution in [0.3, 0.4) is 0 Å². The highest BCUT2D eigenvalue weighted by molar-refractivity contribution is 5.69. The predicted octanol–water partition coefficient (Wildman–Crippen LogP) is 3.38. The first-order chi connectivity index (χ1) is 11.7. The van der Waals surface area contributed by atoms with E-state index in [0.29, 0.717) is 12.3 Å². The summed E-state index contributed by atoms with van der Waals surface area (Å²) in [6.07, 6.45) is 1.28. The van der Waals surface area contributed by atoms with Crippen LogP contribution in [0, 0.1) is 10.1 Å². The van der Waals surface area contributed by atoms with Crippen LogP contribution in [0.2, 0.25) is 0 Å². The molecule has 1 aromatic carbocycles. The molecule has 0 unspecified atom stereocenters. The Bertz CT molecular complexity index is 641. The largest absolute Gasteiger partial charge is 0.493 e. The molecule has 1 heterocycles. The molecule has 0 radical (unpaired) electrons. The van der Waals surface area contributed by atoms with Gasteiger partial charge < -0.3 is 19.1 Å². The third-order valence-electron chi connectivity index (χ3n) is 3.79. The molecule has 1 amide bonds. The lowest BCUT2D eigenvalue weighted by Gasteiger charge is -2.28. The highest BCUT2D eigenvalue weighted by Crippen LogP contribution is 2.32. The molecule has 1 atom stereocenters. The molecule has 1 fully saturated rings. The third-order valence-corrected chi connectivity index (χ3v) is 3.79. The third kappa shape index (κ3) is 4.98. The number of hydrogen-bond acceptors (Lipinski definition) is 6. The molecule has 1 aliphatic heterocycles. The number of nitrogens with zero attached hydrogens (tertiary/aromatic N) is 2. The maximum Gasteiger partial charge on any atom is 0.410 e. The van der Waals surface area contributed by atoms with Crippen molar-refractivity contribution in [3.8, 4) is 11.5 Å². The summed E-state index contributed by atoms with van der Waals surface area (Å²) in [4.78, 5) is 24.4. The van der Waals surface area contributed by atoms with Crippen molar-refractivity contribution < 1.29 is 23.9 Å². The molecule has 2 rings (SSSR count). The molecule has 1 aromatic rings. The highest BCUT2D eigenvalue weighted by Gasteiger charge is 2.32. The highest BCUT2D eigenvalue weighted by atomic mass is 16.6. The molecule has 0 aliphatic carbocycles. The Hall–Kier alpha value is -2.51. The lowest BCUT2D eigenvalue weighted by atomic mass is 10.2. The molecule has 25 heavy (non-hydrogen) atoms. The fourth-order valence-electron chi connectivity index (χ4n) is 2.65. The van der Waals surface area contributed by atoms with E-state index in [1.54, 1.807) is 4.90 Å². The Morgan fingerprint density at radius 2 is 2.08 bits per heavy atom. The van der Waals surface area contributed by atoms with Gasteiger partial charge in [0.05, 0.1) is 24.1 Å². The predicted molar refractivity (Wildman–Crippen MR) is 91.1 cm³/mol. The maximum atomic E-state index is 12.3. The summed E-state index contributed by atoms with van der Waals surface area (Å²) in [5.41, 5.74) is -0.639. The van der Waals surface area contributed by atoms with E-state index in [9.17, 15) is 14.9 Å². The molecule has 0 spiro atoms. The Morgan fingerprint density at radius 3 is 2.68 bits per heavy atom. The van der Waals surface area contributed by atoms with Crippen molar-refractivity contribution in [1.82, 2.24) is 4.90 Å². The van der Waals surface area contributed by atoms with Crippen molar-refractivity contribution in [2.24, 2.45) is 0 Å². The summed E-state index contributed by atoms with van der Waals surface area (Å²) >= 11 is 0. The molecule has 8 nitrogen and oxygen atoms in total. The van der Waals surface area contributed by atoms with Gasteiger partial charge in [-0.3, -0.25) is 10.1 Å². The van der Waals surface area contributed by atoms with Crippen molar-refractivity contribution >= 4 is 11.8 Å². The minimum absolute atomic E-state index is 0.0776. The average Bonchev–Trinajstić information content (AvgIpc) is 2.99. The SMILES string of the molecule is COc1ccc([N+](=O)[O-])cc1OC[C@H]1CCCN1C(=O)OC(C)(C)C. The summed E-state index contributed by atoms with van der Waals surface area (Å²) in [6, 6.07) is 4.03. The van der Waals surface area contributed by atoms with Gasteiger partial charge in [0.15, 0.2) is 11.5 Å². The molecule has 1 saturated heterocycles. The maximum absolute atomic E-state index is 12.3. The Morgan fingerprint density at radius 1 is 1.36 bits per heavy atom. The van der Waals surface area contributed by atoms with Crippen LogP contribution in [0.15, 0.2) is 18.2 Å². The van der Waals surface area contributed by atoms with Gasteiger partial charge in [-0.1, -0.05) is 0 Å². The van der Waals surface area contributed by atoms with Gasteiger partial charge in [-0.25, -0.2) is 4.79 Å². The molecule has 8 heteroatoms. The zero-order chi connectivity index (χ0) is 18.6. The van der Waals surface area contributed by atoms with Gasteiger partial charge >= 0.3 is 6.09 Å². The number of likely N-dealkylation sites (tertiary alicyclic amines) is 1. The van der Waals surface area contributed by atoms with Crippen LogP contribution in [0.25, 0.3) is 0 Å². The quantitative estimate of drug-likeness (QED) is 0.596. The summed E-state index contributed by atoms with van der Waals surface area (Å²) < 4.78 is 16.3. The van der Waals surface area contributed by atoms with Gasteiger partial charge in [0, 0.05) is 12.6 Å². The minimum Gasteiger partial charge on any atom is -0.493 e. The molecule has 0 aromatic heterocycles. The van der Waals surface area contributed by atoms with E-state index in [4.69, 9.17) is 14.2 Å². The molecule has 138 valence electrons. The van der Waals surface area contributed by atoms with E-state index in [-0.39, 0.29) is 30.2 Å². The number of rotatable bonds is 5. The molecule has 0 N–H and O–H groups in total. The van der Waals surface area contributed by atoms with Gasteiger partial charge in [-0.15, -0.1) is 0 Å². The second-order valence-corrected chi connectivity index (χ2v) is 6.87. The van der Waals surface area contributed by atoms with E-state index in [1.165, 1.54) is 25.3 Å². The molecule has 0 saturated carbocycles. The standard InChI is InChI=1S/C17H24N2O6/c1-17(2,3)25-16(20)18-9-5-6-13(18)11-24-15-10-12(19(21)22)7-8-14(15)23-4/h7-8,10,13H,5-6,9,11H2,1-4H3/t13-/m1/s1. The summed E-state index contributed by atoms with van der Waals surface area (Å²) in [5, 5.41) is 10.9. The van der Waals surface area contributed by atoms with Crippen LogP contribution in [0.4, 0.5) is 10.5 Å². The average molecular weight is 352 g/mol. The number of hydrogen-bond donors (Lipinski definition) is 0. The van der Waals surface area contributed by atoms with E-state index in [0.717, 1.165) is 12.8 Å². The van der Waals surface area contributed by atoms with Gasteiger partial charge in [0.25, 0.3) is 5.69 Å². The number of amides is 1. The normalized spacial score (nSPS) is 17.3. The first-order valence-corrected chi connectivity index (χ1v) is 8.16. The van der Waals surface area contributed by atoms with E-state index in [2.05, 4.69) is 0 Å². The number of nitro groups is 1. The number of ether oxygens (including phenoxy) is 3. The van der Waals surface area contributed by atoms with Crippen LogP contribution < -0.4 is 9.47 Å². The van der Waals surface area contributed by atoms with Crippen molar-refractivity contribution in [2.75, 3.05) is 20.3 Å². The van der Waals surface area contributed by atoms with E-state index in [1.807, 2.05) is 20.8 Å². The Kier molecular flexibility index (Phi) is 5.71. The smallest absolute Gasteiger partial charge is 0.410 e. The van der Waals surface area contributed by atoms with Crippen molar-refractivity contribution in [3.63, 3.8) is 0 Å². The zero-order valence-corrected chi connectivity index (χ0v) is 15.0. The molecule has 1 aliphatic rings. The summed E-state index contributed by atoms with van der Waals surface area (Å²) in [6.45, 7) is 6.28. The number of carbonyl (C=O) groups is 1. The van der Waals surface area contributed by atoms with Gasteiger partial charge in [-0.05, 0) is 39.7 Å².